The van der Waals surface area contributed by atoms with Gasteiger partial charge in [-0.05, 0) is 40.3 Å². The summed E-state index contributed by atoms with van der Waals surface area (Å²) in [5.74, 6) is 0.686. The molecule has 2 aromatic rings. The number of fused-ring (bicyclic) bond motifs is 3. The largest absolute Gasteiger partial charge is 0.356 e. The van der Waals surface area contributed by atoms with Crippen molar-refractivity contribution >= 4 is 17.1 Å². The van der Waals surface area contributed by atoms with Gasteiger partial charge in [-0.2, -0.15) is 4.98 Å². The SMILES string of the molecule is C[C@@H](CCCCn1c(=O)c2c(nc3n2CCCN3)n(C)c1=O)N(C)C. The molecule has 0 radical (unpaired) electrons. The van der Waals surface area contributed by atoms with Crippen molar-refractivity contribution in [2.24, 2.45) is 7.05 Å². The number of rotatable bonds is 6. The Morgan fingerprint density at radius 1 is 1.28 bits per heavy atom. The number of anilines is 1. The summed E-state index contributed by atoms with van der Waals surface area (Å²) >= 11 is 0. The van der Waals surface area contributed by atoms with Crippen LogP contribution in [0.25, 0.3) is 11.2 Å². The molecule has 0 bridgehead atoms. The third-order valence-corrected chi connectivity index (χ3v) is 5.21. The average molecular weight is 348 g/mol. The van der Waals surface area contributed by atoms with Crippen molar-refractivity contribution in [1.29, 1.82) is 0 Å². The lowest BCUT2D eigenvalue weighted by Gasteiger charge is -2.19. The second-order valence-electron chi connectivity index (χ2n) is 7.15. The molecule has 1 aliphatic rings. The Balaban J connectivity index is 1.88. The number of aryl methyl sites for hydroxylation is 2. The molecule has 0 aliphatic carbocycles. The predicted octanol–water partition coefficient (Wildman–Crippen LogP) is 0.833. The molecule has 0 unspecified atom stereocenters. The summed E-state index contributed by atoms with van der Waals surface area (Å²) in [4.78, 5) is 32.2. The zero-order chi connectivity index (χ0) is 18.1. The van der Waals surface area contributed by atoms with E-state index >= 15 is 0 Å². The van der Waals surface area contributed by atoms with E-state index in [1.54, 1.807) is 7.05 Å². The molecule has 2 aromatic heterocycles. The predicted molar refractivity (Wildman–Crippen MR) is 99.3 cm³/mol. The summed E-state index contributed by atoms with van der Waals surface area (Å²) in [6.45, 7) is 4.24. The molecule has 0 fully saturated rings. The average Bonchev–Trinajstić information content (AvgIpc) is 2.98. The van der Waals surface area contributed by atoms with Crippen LogP contribution in [0.15, 0.2) is 9.59 Å². The highest BCUT2D eigenvalue weighted by Gasteiger charge is 2.21. The molecular weight excluding hydrogens is 320 g/mol. The summed E-state index contributed by atoms with van der Waals surface area (Å²) in [5.41, 5.74) is 0.498. The number of imidazole rings is 1. The van der Waals surface area contributed by atoms with E-state index in [1.165, 1.54) is 9.13 Å². The Morgan fingerprint density at radius 3 is 2.76 bits per heavy atom. The van der Waals surface area contributed by atoms with Crippen LogP contribution >= 0.6 is 0 Å². The van der Waals surface area contributed by atoms with Crippen molar-refractivity contribution in [2.75, 3.05) is 26.0 Å². The van der Waals surface area contributed by atoms with Crippen molar-refractivity contribution in [3.05, 3.63) is 20.8 Å². The number of aromatic nitrogens is 4. The number of hydrogen-bond donors (Lipinski definition) is 1. The Morgan fingerprint density at radius 2 is 2.04 bits per heavy atom. The van der Waals surface area contributed by atoms with E-state index in [0.717, 1.165) is 38.8 Å². The third-order valence-electron chi connectivity index (χ3n) is 5.21. The van der Waals surface area contributed by atoms with E-state index in [0.29, 0.717) is 29.7 Å². The zero-order valence-corrected chi connectivity index (χ0v) is 15.6. The molecule has 1 N–H and O–H groups in total. The molecule has 1 atom stereocenters. The maximum absolute atomic E-state index is 12.9. The summed E-state index contributed by atoms with van der Waals surface area (Å²) in [5, 5.41) is 3.20. The highest BCUT2D eigenvalue weighted by atomic mass is 16.2. The Kier molecular flexibility index (Phi) is 4.99. The molecule has 0 amide bonds. The first-order valence-electron chi connectivity index (χ1n) is 9.02. The molecule has 0 saturated heterocycles. The van der Waals surface area contributed by atoms with E-state index in [2.05, 4.69) is 36.2 Å². The molecule has 3 rings (SSSR count). The van der Waals surface area contributed by atoms with Gasteiger partial charge in [-0.3, -0.25) is 13.9 Å². The first-order valence-corrected chi connectivity index (χ1v) is 9.02. The van der Waals surface area contributed by atoms with Crippen LogP contribution in [0.3, 0.4) is 0 Å². The van der Waals surface area contributed by atoms with Crippen molar-refractivity contribution in [3.63, 3.8) is 0 Å². The summed E-state index contributed by atoms with van der Waals surface area (Å²) in [7, 11) is 5.82. The molecule has 0 spiro atoms. The van der Waals surface area contributed by atoms with Crippen LogP contribution in [0.1, 0.15) is 32.6 Å². The molecule has 8 heteroatoms. The second kappa shape index (κ2) is 7.03. The van der Waals surface area contributed by atoms with Crippen LogP contribution < -0.4 is 16.6 Å². The van der Waals surface area contributed by atoms with E-state index in [-0.39, 0.29) is 11.2 Å². The molecule has 0 saturated carbocycles. The normalized spacial score (nSPS) is 15.4. The Hall–Kier alpha value is -2.09. The fourth-order valence-electron chi connectivity index (χ4n) is 3.33. The maximum Gasteiger partial charge on any atom is 0.332 e. The molecule has 25 heavy (non-hydrogen) atoms. The van der Waals surface area contributed by atoms with E-state index in [1.807, 2.05) is 4.57 Å². The summed E-state index contributed by atoms with van der Waals surface area (Å²) in [6.07, 6.45) is 3.80. The molecule has 8 nitrogen and oxygen atoms in total. The van der Waals surface area contributed by atoms with Gasteiger partial charge in [-0.15, -0.1) is 0 Å². The highest BCUT2D eigenvalue weighted by molar-refractivity contribution is 5.74. The smallest absolute Gasteiger partial charge is 0.332 e. The van der Waals surface area contributed by atoms with Crippen LogP contribution in [-0.2, 0) is 20.1 Å². The van der Waals surface area contributed by atoms with Gasteiger partial charge in [0.15, 0.2) is 11.2 Å². The Bertz CT molecular complexity index is 876. The van der Waals surface area contributed by atoms with Crippen molar-refractivity contribution in [2.45, 2.75) is 51.7 Å². The van der Waals surface area contributed by atoms with Crippen LogP contribution in [0.5, 0.6) is 0 Å². The summed E-state index contributed by atoms with van der Waals surface area (Å²) in [6, 6.07) is 0.495. The summed E-state index contributed by atoms with van der Waals surface area (Å²) < 4.78 is 4.77. The van der Waals surface area contributed by atoms with Gasteiger partial charge < -0.3 is 14.8 Å². The topological polar surface area (TPSA) is 77.1 Å². The zero-order valence-electron chi connectivity index (χ0n) is 15.6. The van der Waals surface area contributed by atoms with Gasteiger partial charge in [0.2, 0.25) is 5.95 Å². The van der Waals surface area contributed by atoms with Gasteiger partial charge in [0.1, 0.15) is 0 Å². The monoisotopic (exact) mass is 348 g/mol. The lowest BCUT2D eigenvalue weighted by Crippen LogP contribution is -2.40. The van der Waals surface area contributed by atoms with Gasteiger partial charge in [0, 0.05) is 32.7 Å². The first-order chi connectivity index (χ1) is 11.9. The minimum absolute atomic E-state index is 0.221. The van der Waals surface area contributed by atoms with Crippen LogP contribution in [0, 0.1) is 0 Å². The number of nitrogens with one attached hydrogen (secondary N) is 1. The van der Waals surface area contributed by atoms with Gasteiger partial charge >= 0.3 is 5.69 Å². The molecule has 0 aromatic carbocycles. The van der Waals surface area contributed by atoms with Crippen LogP contribution in [0.2, 0.25) is 0 Å². The first kappa shape index (κ1) is 17.7. The minimum Gasteiger partial charge on any atom is -0.356 e. The van der Waals surface area contributed by atoms with Gasteiger partial charge in [-0.1, -0.05) is 6.42 Å². The third kappa shape index (κ3) is 3.22. The number of hydrogen-bond acceptors (Lipinski definition) is 5. The lowest BCUT2D eigenvalue weighted by atomic mass is 10.1. The fraction of sp³-hybridized carbons (Fsp3) is 0.706. The molecular formula is C17H28N6O2. The fourth-order valence-corrected chi connectivity index (χ4v) is 3.33. The lowest BCUT2D eigenvalue weighted by molar-refractivity contribution is 0.290. The second-order valence-corrected chi connectivity index (χ2v) is 7.15. The quantitative estimate of drug-likeness (QED) is 0.783. The number of nitrogens with zero attached hydrogens (tertiary/aromatic N) is 5. The van der Waals surface area contributed by atoms with E-state index in [4.69, 9.17) is 0 Å². The van der Waals surface area contributed by atoms with E-state index in [9.17, 15) is 9.59 Å². The maximum atomic E-state index is 12.9. The van der Waals surface area contributed by atoms with Crippen molar-refractivity contribution in [1.82, 2.24) is 23.6 Å². The molecule has 138 valence electrons. The molecule has 1 aliphatic heterocycles. The molecule has 3 heterocycles. The van der Waals surface area contributed by atoms with Crippen molar-refractivity contribution < 1.29 is 0 Å². The van der Waals surface area contributed by atoms with Gasteiger partial charge in [-0.25, -0.2) is 4.79 Å². The minimum atomic E-state index is -0.284. The van der Waals surface area contributed by atoms with Gasteiger partial charge in [0.05, 0.1) is 0 Å². The van der Waals surface area contributed by atoms with Gasteiger partial charge in [0.25, 0.3) is 5.56 Å². The van der Waals surface area contributed by atoms with Crippen LogP contribution in [0.4, 0.5) is 5.95 Å². The highest BCUT2D eigenvalue weighted by Crippen LogP contribution is 2.19. The van der Waals surface area contributed by atoms with E-state index < -0.39 is 0 Å². The Labute approximate surface area is 147 Å². The van der Waals surface area contributed by atoms with Crippen molar-refractivity contribution in [3.8, 4) is 0 Å². The number of unbranched alkanes of at least 4 members (excludes halogenated alkanes) is 1. The standard InChI is InChI=1S/C17H28N6O2/c1-12(20(2)3)8-5-6-10-23-15(24)13-14(21(4)17(23)25)19-16-18-9-7-11-22(13)16/h12H,5-11H2,1-4H3,(H,18,19)/t12-/m0/s1. The van der Waals surface area contributed by atoms with Crippen LogP contribution in [-0.4, -0.2) is 50.3 Å².